The Bertz CT molecular complexity index is 887. The highest BCUT2D eigenvalue weighted by molar-refractivity contribution is 6.04. The molecule has 0 spiro atoms. The van der Waals surface area contributed by atoms with Gasteiger partial charge >= 0.3 is 0 Å². The van der Waals surface area contributed by atoms with Crippen molar-refractivity contribution in [3.05, 3.63) is 54.2 Å². The number of aromatic nitrogens is 1. The number of pyridine rings is 1. The maximum Gasteiger partial charge on any atom is 0.213 e. The van der Waals surface area contributed by atoms with Gasteiger partial charge < -0.3 is 0 Å². The Labute approximate surface area is 137 Å². The molecule has 0 N–H and O–H groups in total. The summed E-state index contributed by atoms with van der Waals surface area (Å²) < 4.78 is 2.10. The molecule has 0 unspecified atom stereocenters. The number of benzene rings is 2. The van der Waals surface area contributed by atoms with Crippen molar-refractivity contribution in [3.63, 3.8) is 0 Å². The monoisotopic (exact) mass is 306 g/mol. The van der Waals surface area contributed by atoms with E-state index in [0.29, 0.717) is 13.0 Å². The van der Waals surface area contributed by atoms with Gasteiger partial charge in [-0.05, 0) is 24.5 Å². The number of rotatable bonds is 3. The molecule has 1 heterocycles. The van der Waals surface area contributed by atoms with Crippen molar-refractivity contribution >= 4 is 27.5 Å². The fourth-order valence-corrected chi connectivity index (χ4v) is 3.18. The number of carbonyl (C=O) groups excluding carboxylic acids is 1. The van der Waals surface area contributed by atoms with Gasteiger partial charge in [0.2, 0.25) is 12.1 Å². The Morgan fingerprint density at radius 2 is 1.78 bits per heavy atom. The fraction of sp³-hybridized carbons (Fsp3) is 0.333. The van der Waals surface area contributed by atoms with Crippen LogP contribution < -0.4 is 4.57 Å². The number of hydrogen-bond acceptors (Lipinski definition) is 1. The summed E-state index contributed by atoms with van der Waals surface area (Å²) in [7, 11) is 0. The van der Waals surface area contributed by atoms with E-state index < -0.39 is 0 Å². The van der Waals surface area contributed by atoms with Gasteiger partial charge in [0.1, 0.15) is 0 Å². The van der Waals surface area contributed by atoms with Crippen LogP contribution in [0.5, 0.6) is 0 Å². The molecule has 0 bridgehead atoms. The van der Waals surface area contributed by atoms with Crippen molar-refractivity contribution in [3.8, 4) is 0 Å². The quantitative estimate of drug-likeness (QED) is 0.512. The first-order valence-electron chi connectivity index (χ1n) is 8.17. The van der Waals surface area contributed by atoms with Gasteiger partial charge in [-0.1, -0.05) is 50.6 Å². The van der Waals surface area contributed by atoms with Gasteiger partial charge in [0, 0.05) is 23.3 Å². The number of hydrogen-bond donors (Lipinski definition) is 0. The number of nitrogens with zero attached hydrogens (tertiary/aromatic N) is 1. The van der Waals surface area contributed by atoms with Crippen LogP contribution in [0.3, 0.4) is 0 Å². The Morgan fingerprint density at radius 1 is 1.04 bits per heavy atom. The summed E-state index contributed by atoms with van der Waals surface area (Å²) in [4.78, 5) is 12.5. The summed E-state index contributed by atoms with van der Waals surface area (Å²) in [6.07, 6.45) is 2.70. The minimum atomic E-state index is 0.0287. The zero-order valence-corrected chi connectivity index (χ0v) is 14.4. The van der Waals surface area contributed by atoms with E-state index in [0.717, 1.165) is 5.52 Å². The number of Topliss-reactive ketones (excluding diaryl/α,β-unsaturated/α-hetero) is 1. The second kappa shape index (κ2) is 5.77. The van der Waals surface area contributed by atoms with Crippen LogP contribution in [0.2, 0.25) is 0 Å². The standard InChI is InChI=1S/C21H24NO/c1-15-9-10-20-19(11-15)18-8-6-5-7-16(18)13-22(20)14-17(23)12-21(2,3)4/h5-11,13H,12,14H2,1-4H3/q+1. The van der Waals surface area contributed by atoms with E-state index in [2.05, 4.69) is 74.9 Å². The molecule has 118 valence electrons. The zero-order chi connectivity index (χ0) is 16.6. The lowest BCUT2D eigenvalue weighted by Crippen LogP contribution is -2.39. The molecule has 0 aliphatic rings. The molecule has 0 radical (unpaired) electrons. The third-order valence-electron chi connectivity index (χ3n) is 4.08. The van der Waals surface area contributed by atoms with Gasteiger partial charge in [0.15, 0.2) is 12.0 Å². The Balaban J connectivity index is 2.13. The third kappa shape index (κ3) is 3.42. The lowest BCUT2D eigenvalue weighted by molar-refractivity contribution is -0.657. The average molecular weight is 306 g/mol. The molecule has 0 fully saturated rings. The van der Waals surface area contributed by atoms with Crippen LogP contribution in [0, 0.1) is 12.3 Å². The highest BCUT2D eigenvalue weighted by Crippen LogP contribution is 2.24. The molecule has 0 aliphatic carbocycles. The van der Waals surface area contributed by atoms with Gasteiger partial charge in [0.25, 0.3) is 0 Å². The first-order chi connectivity index (χ1) is 10.8. The smallest absolute Gasteiger partial charge is 0.213 e. The topological polar surface area (TPSA) is 20.9 Å². The maximum atomic E-state index is 12.5. The lowest BCUT2D eigenvalue weighted by Gasteiger charge is -2.15. The largest absolute Gasteiger partial charge is 0.293 e. The highest BCUT2D eigenvalue weighted by atomic mass is 16.1. The fourth-order valence-electron chi connectivity index (χ4n) is 3.18. The van der Waals surface area contributed by atoms with Gasteiger partial charge in [-0.3, -0.25) is 4.79 Å². The second-order valence-corrected chi connectivity index (χ2v) is 7.64. The second-order valence-electron chi connectivity index (χ2n) is 7.64. The first-order valence-corrected chi connectivity index (χ1v) is 8.17. The third-order valence-corrected chi connectivity index (χ3v) is 4.08. The normalized spacial score (nSPS) is 12.0. The summed E-state index contributed by atoms with van der Waals surface area (Å²) in [6.45, 7) is 8.87. The van der Waals surface area contributed by atoms with Crippen LogP contribution in [0.25, 0.3) is 21.7 Å². The Hall–Kier alpha value is -2.22. The van der Waals surface area contributed by atoms with Crippen molar-refractivity contribution < 1.29 is 9.36 Å². The molecule has 0 aliphatic heterocycles. The minimum Gasteiger partial charge on any atom is -0.293 e. The van der Waals surface area contributed by atoms with E-state index in [4.69, 9.17) is 0 Å². The van der Waals surface area contributed by atoms with E-state index >= 15 is 0 Å². The molecule has 1 aromatic heterocycles. The number of fused-ring (bicyclic) bond motifs is 3. The zero-order valence-electron chi connectivity index (χ0n) is 14.4. The molecule has 0 amide bonds. The summed E-state index contributed by atoms with van der Waals surface area (Å²) in [5.41, 5.74) is 2.39. The predicted molar refractivity (Wildman–Crippen MR) is 95.5 cm³/mol. The minimum absolute atomic E-state index is 0.0287. The molecule has 3 rings (SSSR count). The summed E-state index contributed by atoms with van der Waals surface area (Å²) in [6, 6.07) is 14.8. The lowest BCUT2D eigenvalue weighted by atomic mass is 9.90. The molecular formula is C21H24NO+. The predicted octanol–water partition coefficient (Wildman–Crippen LogP) is 4.59. The van der Waals surface area contributed by atoms with E-state index in [9.17, 15) is 4.79 Å². The molecular weight excluding hydrogens is 282 g/mol. The Kier molecular flexibility index (Phi) is 3.93. The maximum absolute atomic E-state index is 12.5. The molecule has 23 heavy (non-hydrogen) atoms. The Morgan fingerprint density at radius 3 is 2.52 bits per heavy atom. The van der Waals surface area contributed by atoms with Crippen LogP contribution >= 0.6 is 0 Å². The molecule has 0 saturated carbocycles. The van der Waals surface area contributed by atoms with Gasteiger partial charge in [-0.25, -0.2) is 0 Å². The van der Waals surface area contributed by atoms with E-state index in [1.165, 1.54) is 21.7 Å². The van der Waals surface area contributed by atoms with Crippen molar-refractivity contribution in [2.24, 2.45) is 5.41 Å². The highest BCUT2D eigenvalue weighted by Gasteiger charge is 2.21. The summed E-state index contributed by atoms with van der Waals surface area (Å²) >= 11 is 0. The molecule has 3 aromatic rings. The number of aryl methyl sites for hydroxylation is 1. The van der Waals surface area contributed by atoms with Gasteiger partial charge in [-0.15, -0.1) is 0 Å². The molecule has 2 aromatic carbocycles. The van der Waals surface area contributed by atoms with Crippen molar-refractivity contribution in [1.82, 2.24) is 0 Å². The van der Waals surface area contributed by atoms with Gasteiger partial charge in [-0.2, -0.15) is 4.57 Å². The van der Waals surface area contributed by atoms with Crippen LogP contribution in [0.15, 0.2) is 48.7 Å². The SMILES string of the molecule is Cc1ccc2c(c1)c1ccccc1c[n+]2CC(=O)CC(C)(C)C. The number of carbonyl (C=O) groups is 1. The van der Waals surface area contributed by atoms with E-state index in [-0.39, 0.29) is 11.2 Å². The van der Waals surface area contributed by atoms with Crippen molar-refractivity contribution in [1.29, 1.82) is 0 Å². The number of ketones is 1. The molecule has 2 nitrogen and oxygen atoms in total. The van der Waals surface area contributed by atoms with E-state index in [1.807, 2.05) is 6.07 Å². The average Bonchev–Trinajstić information content (AvgIpc) is 2.45. The van der Waals surface area contributed by atoms with Crippen LogP contribution in [0.1, 0.15) is 32.8 Å². The first kappa shape index (κ1) is 15.7. The van der Waals surface area contributed by atoms with Crippen molar-refractivity contribution in [2.75, 3.05) is 0 Å². The molecule has 2 heteroatoms. The van der Waals surface area contributed by atoms with Crippen LogP contribution in [0.4, 0.5) is 0 Å². The van der Waals surface area contributed by atoms with Crippen LogP contribution in [-0.4, -0.2) is 5.78 Å². The van der Waals surface area contributed by atoms with Crippen molar-refractivity contribution in [2.45, 2.75) is 40.7 Å². The summed E-state index contributed by atoms with van der Waals surface area (Å²) in [5.74, 6) is 0.277. The molecule has 0 saturated heterocycles. The van der Waals surface area contributed by atoms with Gasteiger partial charge in [0.05, 0.1) is 5.39 Å². The molecule has 0 atom stereocenters. The van der Waals surface area contributed by atoms with E-state index in [1.54, 1.807) is 0 Å². The van der Waals surface area contributed by atoms with Crippen LogP contribution in [-0.2, 0) is 11.3 Å². The summed E-state index contributed by atoms with van der Waals surface area (Å²) in [5, 5.41) is 3.63.